The Hall–Kier alpha value is -2.80. The summed E-state index contributed by atoms with van der Waals surface area (Å²) in [6, 6.07) is 8.30. The first-order valence-electron chi connectivity index (χ1n) is 6.74. The van der Waals surface area contributed by atoms with Gasteiger partial charge in [-0.05, 0) is 30.7 Å². The zero-order valence-corrected chi connectivity index (χ0v) is 11.6. The lowest BCUT2D eigenvalue weighted by Gasteiger charge is -2.07. The van der Waals surface area contributed by atoms with Gasteiger partial charge in [0.25, 0.3) is 5.91 Å². The Morgan fingerprint density at radius 1 is 1.23 bits per heavy atom. The van der Waals surface area contributed by atoms with Gasteiger partial charge in [0.05, 0.1) is 12.5 Å². The van der Waals surface area contributed by atoms with Crippen LogP contribution in [0.25, 0.3) is 11.5 Å². The molecule has 0 saturated carbocycles. The molecule has 0 aliphatic carbocycles. The molecule has 7 heteroatoms. The van der Waals surface area contributed by atoms with E-state index in [9.17, 15) is 9.90 Å². The van der Waals surface area contributed by atoms with Gasteiger partial charge in [-0.1, -0.05) is 5.16 Å². The van der Waals surface area contributed by atoms with Gasteiger partial charge in [-0.25, -0.2) is 0 Å². The van der Waals surface area contributed by atoms with E-state index in [4.69, 9.17) is 13.4 Å². The third-order valence-electron chi connectivity index (χ3n) is 3.08. The Balaban J connectivity index is 1.52. The maximum Gasteiger partial charge on any atom is 0.273 e. The normalized spacial score (nSPS) is 12.2. The number of carbonyl (C=O) groups is 1. The summed E-state index contributed by atoms with van der Waals surface area (Å²) in [5, 5.41) is 16.2. The van der Waals surface area contributed by atoms with E-state index < -0.39 is 6.10 Å². The summed E-state index contributed by atoms with van der Waals surface area (Å²) in [6.45, 7) is 0.281. The molecule has 0 aliphatic heterocycles. The summed E-state index contributed by atoms with van der Waals surface area (Å²) in [5.74, 6) is 0.967. The fourth-order valence-corrected chi connectivity index (χ4v) is 1.95. The minimum absolute atomic E-state index is 0.152. The Morgan fingerprint density at radius 3 is 2.77 bits per heavy atom. The second-order valence-electron chi connectivity index (χ2n) is 4.63. The van der Waals surface area contributed by atoms with Gasteiger partial charge in [-0.2, -0.15) is 0 Å². The van der Waals surface area contributed by atoms with Crippen molar-refractivity contribution in [1.29, 1.82) is 0 Å². The van der Waals surface area contributed by atoms with Gasteiger partial charge in [0.15, 0.2) is 11.5 Å². The average molecular weight is 302 g/mol. The maximum atomic E-state index is 11.9. The molecule has 0 fully saturated rings. The van der Waals surface area contributed by atoms with E-state index in [0.29, 0.717) is 23.7 Å². The van der Waals surface area contributed by atoms with E-state index in [1.165, 1.54) is 18.6 Å². The molecular formula is C15H14N2O5. The number of aromatic nitrogens is 1. The molecule has 3 aromatic rings. The topological polar surface area (TPSA) is 102 Å². The zero-order valence-electron chi connectivity index (χ0n) is 11.6. The molecule has 1 atom stereocenters. The molecule has 0 radical (unpaired) electrons. The standard InChI is InChI=1S/C15H14N2O5/c18-11(12-3-1-7-20-12)5-6-16-15(19)10-9-14(22-17-10)13-4-2-8-21-13/h1-4,7-9,11,18H,5-6H2,(H,16,19)/t11-/m1/s1. The first-order valence-corrected chi connectivity index (χ1v) is 6.74. The average Bonchev–Trinajstić information content (AvgIpc) is 3.26. The Bertz CT molecular complexity index is 715. The molecule has 3 heterocycles. The van der Waals surface area contributed by atoms with Crippen LogP contribution in [0.4, 0.5) is 0 Å². The number of aliphatic hydroxyl groups is 1. The van der Waals surface area contributed by atoms with Gasteiger partial charge in [0.1, 0.15) is 11.9 Å². The molecule has 2 N–H and O–H groups in total. The first kappa shape index (κ1) is 14.2. The van der Waals surface area contributed by atoms with Crippen LogP contribution in [0.15, 0.2) is 56.2 Å². The molecule has 22 heavy (non-hydrogen) atoms. The number of furan rings is 2. The fourth-order valence-electron chi connectivity index (χ4n) is 1.95. The lowest BCUT2D eigenvalue weighted by atomic mass is 10.2. The summed E-state index contributed by atoms with van der Waals surface area (Å²) < 4.78 is 15.3. The highest BCUT2D eigenvalue weighted by Crippen LogP contribution is 2.20. The highest BCUT2D eigenvalue weighted by molar-refractivity contribution is 5.92. The van der Waals surface area contributed by atoms with Crippen molar-refractivity contribution in [2.75, 3.05) is 6.54 Å². The Labute approximate surface area is 125 Å². The lowest BCUT2D eigenvalue weighted by Crippen LogP contribution is -2.25. The summed E-state index contributed by atoms with van der Waals surface area (Å²) in [5.41, 5.74) is 0.152. The van der Waals surface area contributed by atoms with Crippen molar-refractivity contribution in [2.45, 2.75) is 12.5 Å². The molecule has 3 aromatic heterocycles. The van der Waals surface area contributed by atoms with Gasteiger partial charge >= 0.3 is 0 Å². The molecule has 114 valence electrons. The van der Waals surface area contributed by atoms with Crippen LogP contribution >= 0.6 is 0 Å². The third-order valence-corrected chi connectivity index (χ3v) is 3.08. The van der Waals surface area contributed by atoms with Crippen LogP contribution < -0.4 is 5.32 Å². The third kappa shape index (κ3) is 3.09. The number of hydrogen-bond acceptors (Lipinski definition) is 6. The van der Waals surface area contributed by atoms with Crippen LogP contribution in [0.1, 0.15) is 28.8 Å². The van der Waals surface area contributed by atoms with Gasteiger partial charge in [0, 0.05) is 12.6 Å². The minimum Gasteiger partial charge on any atom is -0.467 e. The lowest BCUT2D eigenvalue weighted by molar-refractivity contribution is 0.0927. The number of rotatable bonds is 6. The minimum atomic E-state index is -0.758. The monoisotopic (exact) mass is 302 g/mol. The van der Waals surface area contributed by atoms with Crippen LogP contribution in [-0.2, 0) is 0 Å². The second kappa shape index (κ2) is 6.31. The fraction of sp³-hybridized carbons (Fsp3) is 0.200. The Kier molecular flexibility index (Phi) is 4.06. The summed E-state index contributed by atoms with van der Waals surface area (Å²) in [6.07, 6.45) is 2.57. The molecule has 1 amide bonds. The molecule has 0 spiro atoms. The van der Waals surface area contributed by atoms with Crippen molar-refractivity contribution in [3.05, 3.63) is 54.3 Å². The molecule has 7 nitrogen and oxygen atoms in total. The zero-order chi connectivity index (χ0) is 15.4. The quantitative estimate of drug-likeness (QED) is 0.725. The summed E-state index contributed by atoms with van der Waals surface area (Å²) in [4.78, 5) is 11.9. The molecule has 0 aromatic carbocycles. The molecule has 0 unspecified atom stereocenters. The number of hydrogen-bond donors (Lipinski definition) is 2. The number of nitrogens with one attached hydrogen (secondary N) is 1. The predicted molar refractivity (Wildman–Crippen MR) is 74.8 cm³/mol. The van der Waals surface area contributed by atoms with Gasteiger partial charge in [-0.3, -0.25) is 4.79 Å². The van der Waals surface area contributed by atoms with E-state index in [-0.39, 0.29) is 18.1 Å². The van der Waals surface area contributed by atoms with Gasteiger partial charge in [-0.15, -0.1) is 0 Å². The van der Waals surface area contributed by atoms with Crippen LogP contribution in [-0.4, -0.2) is 22.7 Å². The predicted octanol–water partition coefficient (Wildman–Crippen LogP) is 2.38. The molecular weight excluding hydrogens is 288 g/mol. The van der Waals surface area contributed by atoms with E-state index >= 15 is 0 Å². The summed E-state index contributed by atoms with van der Waals surface area (Å²) >= 11 is 0. The smallest absolute Gasteiger partial charge is 0.273 e. The molecule has 0 saturated heterocycles. The van der Waals surface area contributed by atoms with Crippen LogP contribution in [0.3, 0.4) is 0 Å². The summed E-state index contributed by atoms with van der Waals surface area (Å²) in [7, 11) is 0. The van der Waals surface area contributed by atoms with Crippen molar-refractivity contribution >= 4 is 5.91 Å². The maximum absolute atomic E-state index is 11.9. The van der Waals surface area contributed by atoms with Crippen LogP contribution in [0.5, 0.6) is 0 Å². The molecule has 0 aliphatic rings. The number of carbonyl (C=O) groups excluding carboxylic acids is 1. The van der Waals surface area contributed by atoms with Gasteiger partial charge in [0.2, 0.25) is 5.76 Å². The highest BCUT2D eigenvalue weighted by Gasteiger charge is 2.16. The SMILES string of the molecule is O=C(NCC[C@@H](O)c1ccco1)c1cc(-c2ccco2)on1. The van der Waals surface area contributed by atoms with E-state index in [1.807, 2.05) is 0 Å². The molecule has 3 rings (SSSR count). The van der Waals surface area contributed by atoms with Crippen molar-refractivity contribution in [3.8, 4) is 11.5 Å². The van der Waals surface area contributed by atoms with Crippen LogP contribution in [0, 0.1) is 0 Å². The second-order valence-corrected chi connectivity index (χ2v) is 4.63. The highest BCUT2D eigenvalue weighted by atomic mass is 16.5. The Morgan fingerprint density at radius 2 is 2.05 bits per heavy atom. The van der Waals surface area contributed by atoms with Gasteiger partial charge < -0.3 is 23.8 Å². The number of nitrogens with zero attached hydrogens (tertiary/aromatic N) is 1. The number of aliphatic hydroxyl groups excluding tert-OH is 1. The first-order chi connectivity index (χ1) is 10.7. The van der Waals surface area contributed by atoms with Crippen molar-refractivity contribution in [3.63, 3.8) is 0 Å². The van der Waals surface area contributed by atoms with Crippen LogP contribution in [0.2, 0.25) is 0 Å². The largest absolute Gasteiger partial charge is 0.467 e. The number of amides is 1. The van der Waals surface area contributed by atoms with E-state index in [0.717, 1.165) is 0 Å². The van der Waals surface area contributed by atoms with E-state index in [1.54, 1.807) is 24.3 Å². The molecule has 0 bridgehead atoms. The van der Waals surface area contributed by atoms with Crippen molar-refractivity contribution < 1.29 is 23.3 Å². The van der Waals surface area contributed by atoms with Crippen molar-refractivity contribution in [1.82, 2.24) is 10.5 Å². The van der Waals surface area contributed by atoms with E-state index in [2.05, 4.69) is 10.5 Å². The van der Waals surface area contributed by atoms with Crippen molar-refractivity contribution in [2.24, 2.45) is 0 Å².